The molecule has 0 bridgehead atoms. The van der Waals surface area contributed by atoms with Gasteiger partial charge in [-0.25, -0.2) is 4.79 Å². The van der Waals surface area contributed by atoms with Gasteiger partial charge in [0.25, 0.3) is 0 Å². The van der Waals surface area contributed by atoms with E-state index in [1.807, 2.05) is 19.1 Å². The molecular weight excluding hydrogens is 340 g/mol. The number of nitrogens with zero attached hydrogens (tertiary/aromatic N) is 2. The van der Waals surface area contributed by atoms with Crippen molar-refractivity contribution >= 4 is 11.0 Å². The van der Waals surface area contributed by atoms with Crippen molar-refractivity contribution in [3.63, 3.8) is 0 Å². The highest BCUT2D eigenvalue weighted by Gasteiger charge is 2.29. The van der Waals surface area contributed by atoms with E-state index in [0.717, 1.165) is 47.4 Å². The fraction of sp³-hybridized carbons (Fsp3) is 0.455. The maximum absolute atomic E-state index is 12.1. The molecule has 1 saturated heterocycles. The van der Waals surface area contributed by atoms with Crippen LogP contribution >= 0.6 is 0 Å². The van der Waals surface area contributed by atoms with E-state index in [-0.39, 0.29) is 11.7 Å². The first-order valence-corrected chi connectivity index (χ1v) is 9.67. The minimum Gasteiger partial charge on any atom is -0.423 e. The lowest BCUT2D eigenvalue weighted by atomic mass is 9.94. The zero-order valence-corrected chi connectivity index (χ0v) is 16.4. The predicted octanol–water partition coefficient (Wildman–Crippen LogP) is 4.86. The van der Waals surface area contributed by atoms with Gasteiger partial charge in [-0.2, -0.15) is 0 Å². The van der Waals surface area contributed by atoms with E-state index in [9.17, 15) is 4.79 Å². The van der Waals surface area contributed by atoms with Crippen LogP contribution in [0.2, 0.25) is 0 Å². The van der Waals surface area contributed by atoms with Gasteiger partial charge in [-0.05, 0) is 68.0 Å². The van der Waals surface area contributed by atoms with Crippen LogP contribution in [0.3, 0.4) is 0 Å². The second kappa shape index (κ2) is 6.97. The van der Waals surface area contributed by atoms with E-state index in [1.165, 1.54) is 5.56 Å². The highest BCUT2D eigenvalue weighted by Crippen LogP contribution is 2.35. The van der Waals surface area contributed by atoms with Gasteiger partial charge in [0, 0.05) is 24.1 Å². The lowest BCUT2D eigenvalue weighted by Crippen LogP contribution is -2.23. The lowest BCUT2D eigenvalue weighted by molar-refractivity contribution is 0.207. The van der Waals surface area contributed by atoms with Crippen molar-refractivity contribution in [2.24, 2.45) is 0 Å². The Morgan fingerprint density at radius 1 is 1.22 bits per heavy atom. The van der Waals surface area contributed by atoms with Gasteiger partial charge in [0.1, 0.15) is 5.58 Å². The standard InChI is InChI=1S/C22H26N2O3/c1-13(2)17-11-18-16(10-22(25)26-20(18)8-14(17)3)12-24-7-5-6-19(24)21-9-15(4)23-27-21/h8-11,13,19H,5-7,12H2,1-4H3. The van der Waals surface area contributed by atoms with Crippen LogP contribution in [-0.2, 0) is 6.54 Å². The zero-order chi connectivity index (χ0) is 19.1. The molecule has 3 aromatic rings. The zero-order valence-electron chi connectivity index (χ0n) is 16.4. The Labute approximate surface area is 159 Å². The highest BCUT2D eigenvalue weighted by molar-refractivity contribution is 5.82. The Bertz CT molecular complexity index is 1030. The minimum atomic E-state index is -0.291. The molecule has 1 aromatic carbocycles. The van der Waals surface area contributed by atoms with Crippen LogP contribution < -0.4 is 5.63 Å². The second-order valence-corrected chi connectivity index (χ2v) is 7.95. The molecule has 1 fully saturated rings. The predicted molar refractivity (Wildman–Crippen MR) is 105 cm³/mol. The summed E-state index contributed by atoms with van der Waals surface area (Å²) in [4.78, 5) is 14.5. The van der Waals surface area contributed by atoms with Crippen molar-refractivity contribution in [2.45, 2.75) is 59.0 Å². The summed E-state index contributed by atoms with van der Waals surface area (Å²) in [5.74, 6) is 1.34. The number of aromatic nitrogens is 1. The molecule has 0 amide bonds. The van der Waals surface area contributed by atoms with Crippen molar-refractivity contribution < 1.29 is 8.94 Å². The average molecular weight is 366 g/mol. The fourth-order valence-corrected chi connectivity index (χ4v) is 4.24. The highest BCUT2D eigenvalue weighted by atomic mass is 16.5. The van der Waals surface area contributed by atoms with Gasteiger partial charge in [-0.3, -0.25) is 4.90 Å². The van der Waals surface area contributed by atoms with E-state index in [0.29, 0.717) is 18.0 Å². The summed E-state index contributed by atoms with van der Waals surface area (Å²) >= 11 is 0. The third-order valence-electron chi connectivity index (χ3n) is 5.55. The molecule has 0 aliphatic carbocycles. The van der Waals surface area contributed by atoms with Crippen LogP contribution in [0, 0.1) is 13.8 Å². The number of rotatable bonds is 4. The Hall–Kier alpha value is -2.40. The third kappa shape index (κ3) is 3.44. The molecule has 27 heavy (non-hydrogen) atoms. The molecule has 0 radical (unpaired) electrons. The normalized spacial score (nSPS) is 18.0. The summed E-state index contributed by atoms with van der Waals surface area (Å²) < 4.78 is 11.0. The van der Waals surface area contributed by atoms with E-state index in [1.54, 1.807) is 6.07 Å². The molecule has 3 heterocycles. The molecule has 5 heteroatoms. The minimum absolute atomic E-state index is 0.212. The molecule has 0 saturated carbocycles. The topological polar surface area (TPSA) is 59.5 Å². The summed E-state index contributed by atoms with van der Waals surface area (Å²) in [5, 5.41) is 5.07. The Morgan fingerprint density at radius 2 is 2.04 bits per heavy atom. The molecule has 1 aliphatic heterocycles. The molecule has 1 aliphatic rings. The first kappa shape index (κ1) is 18.0. The number of benzene rings is 1. The Kier molecular flexibility index (Phi) is 4.64. The molecule has 142 valence electrons. The van der Waals surface area contributed by atoms with Gasteiger partial charge in [-0.15, -0.1) is 0 Å². The fourth-order valence-electron chi connectivity index (χ4n) is 4.24. The smallest absolute Gasteiger partial charge is 0.336 e. The van der Waals surface area contributed by atoms with Crippen molar-refractivity contribution in [2.75, 3.05) is 6.54 Å². The molecule has 4 rings (SSSR count). The first-order valence-electron chi connectivity index (χ1n) is 9.67. The molecule has 1 atom stereocenters. The van der Waals surface area contributed by atoms with Crippen molar-refractivity contribution in [3.05, 3.63) is 62.8 Å². The lowest BCUT2D eigenvalue weighted by Gasteiger charge is -2.23. The van der Waals surface area contributed by atoms with E-state index in [4.69, 9.17) is 8.94 Å². The van der Waals surface area contributed by atoms with Crippen LogP contribution in [0.15, 0.2) is 38.0 Å². The number of hydrogen-bond acceptors (Lipinski definition) is 5. The van der Waals surface area contributed by atoms with Crippen LogP contribution in [0.1, 0.15) is 66.8 Å². The van der Waals surface area contributed by atoms with Crippen LogP contribution in [0.25, 0.3) is 11.0 Å². The molecule has 2 aromatic heterocycles. The number of aryl methyl sites for hydroxylation is 2. The van der Waals surface area contributed by atoms with Crippen molar-refractivity contribution in [1.82, 2.24) is 10.1 Å². The Balaban J connectivity index is 1.74. The first-order chi connectivity index (χ1) is 12.9. The molecule has 5 nitrogen and oxygen atoms in total. The monoisotopic (exact) mass is 366 g/mol. The summed E-state index contributed by atoms with van der Waals surface area (Å²) in [7, 11) is 0. The molecule has 0 spiro atoms. The molecular formula is C22H26N2O3. The Morgan fingerprint density at radius 3 is 2.74 bits per heavy atom. The van der Waals surface area contributed by atoms with Crippen molar-refractivity contribution in [3.8, 4) is 0 Å². The largest absolute Gasteiger partial charge is 0.423 e. The van der Waals surface area contributed by atoms with E-state index >= 15 is 0 Å². The average Bonchev–Trinajstić information content (AvgIpc) is 3.22. The van der Waals surface area contributed by atoms with E-state index in [2.05, 4.69) is 36.9 Å². The summed E-state index contributed by atoms with van der Waals surface area (Å²) in [5.41, 5.74) is 4.76. The SMILES string of the molecule is Cc1cc(C2CCCN2Cc2cc(=O)oc3cc(C)c(C(C)C)cc23)on1. The summed E-state index contributed by atoms with van der Waals surface area (Å²) in [6.45, 7) is 10.1. The van der Waals surface area contributed by atoms with Crippen LogP contribution in [-0.4, -0.2) is 16.6 Å². The second-order valence-electron chi connectivity index (χ2n) is 7.95. The molecule has 0 N–H and O–H groups in total. The summed E-state index contributed by atoms with van der Waals surface area (Å²) in [6, 6.07) is 8.06. The van der Waals surface area contributed by atoms with E-state index < -0.39 is 0 Å². The quantitative estimate of drug-likeness (QED) is 0.617. The van der Waals surface area contributed by atoms with Gasteiger partial charge in [0.2, 0.25) is 0 Å². The number of likely N-dealkylation sites (tertiary alicyclic amines) is 1. The maximum atomic E-state index is 12.1. The van der Waals surface area contributed by atoms with Gasteiger partial charge >= 0.3 is 5.63 Å². The third-order valence-corrected chi connectivity index (χ3v) is 5.55. The number of fused-ring (bicyclic) bond motifs is 1. The van der Waals surface area contributed by atoms with Gasteiger partial charge in [0.05, 0.1) is 11.7 Å². The van der Waals surface area contributed by atoms with Crippen LogP contribution in [0.4, 0.5) is 0 Å². The summed E-state index contributed by atoms with van der Waals surface area (Å²) in [6.07, 6.45) is 2.16. The maximum Gasteiger partial charge on any atom is 0.336 e. The number of hydrogen-bond donors (Lipinski definition) is 0. The van der Waals surface area contributed by atoms with Crippen molar-refractivity contribution in [1.29, 1.82) is 0 Å². The van der Waals surface area contributed by atoms with Gasteiger partial charge in [0.15, 0.2) is 5.76 Å². The van der Waals surface area contributed by atoms with Gasteiger partial charge in [-0.1, -0.05) is 19.0 Å². The van der Waals surface area contributed by atoms with Gasteiger partial charge < -0.3 is 8.94 Å². The molecule has 1 unspecified atom stereocenters. The van der Waals surface area contributed by atoms with Crippen LogP contribution in [0.5, 0.6) is 0 Å².